The Hall–Kier alpha value is -2.68. The number of hydrogen-bond acceptors (Lipinski definition) is 5. The molecule has 9 heteroatoms. The van der Waals surface area contributed by atoms with E-state index in [1.54, 1.807) is 6.92 Å². The van der Waals surface area contributed by atoms with Gasteiger partial charge in [-0.1, -0.05) is 6.07 Å². The minimum atomic E-state index is -1.55. The molecule has 0 aliphatic carbocycles. The van der Waals surface area contributed by atoms with Crippen LogP contribution in [0.2, 0.25) is 0 Å². The van der Waals surface area contributed by atoms with Gasteiger partial charge in [0, 0.05) is 30.3 Å². The van der Waals surface area contributed by atoms with Crippen LogP contribution < -0.4 is 10.6 Å². The highest BCUT2D eigenvalue weighted by Crippen LogP contribution is 2.22. The first-order valence-corrected chi connectivity index (χ1v) is 6.02. The molecule has 0 saturated carbocycles. The molecule has 9 nitrogen and oxygen atoms in total. The second kappa shape index (κ2) is 7.20. The number of nitro groups is 1. The van der Waals surface area contributed by atoms with Gasteiger partial charge in [-0.3, -0.25) is 10.1 Å². The van der Waals surface area contributed by atoms with E-state index in [0.29, 0.717) is 5.56 Å². The van der Waals surface area contributed by atoms with Gasteiger partial charge in [0.15, 0.2) is 6.10 Å². The summed E-state index contributed by atoms with van der Waals surface area (Å²) in [5.74, 6) is -1.37. The normalized spacial score (nSPS) is 11.5. The molecule has 0 radical (unpaired) electrons. The van der Waals surface area contributed by atoms with E-state index in [1.165, 1.54) is 18.2 Å². The zero-order valence-electron chi connectivity index (χ0n) is 11.2. The van der Waals surface area contributed by atoms with Crippen LogP contribution >= 0.6 is 0 Å². The van der Waals surface area contributed by atoms with Gasteiger partial charge in [-0.05, 0) is 13.0 Å². The van der Waals surface area contributed by atoms with Crippen LogP contribution in [0.25, 0.3) is 0 Å². The number of aliphatic carboxylic acids is 1. The lowest BCUT2D eigenvalue weighted by atomic mass is 10.2. The number of hydrogen-bond donors (Lipinski definition) is 4. The molecule has 1 aromatic carbocycles. The average Bonchev–Trinajstić information content (AvgIpc) is 2.40. The first kappa shape index (κ1) is 16.4. The van der Waals surface area contributed by atoms with Gasteiger partial charge in [-0.15, -0.1) is 0 Å². The number of anilines is 1. The first-order chi connectivity index (χ1) is 9.81. The minimum absolute atomic E-state index is 0.0484. The number of aliphatic hydroxyl groups is 1. The van der Waals surface area contributed by atoms with E-state index < -0.39 is 23.0 Å². The summed E-state index contributed by atoms with van der Waals surface area (Å²) in [6.07, 6.45) is -1.69. The summed E-state index contributed by atoms with van der Waals surface area (Å²) in [6, 6.07) is 3.59. The molecule has 0 saturated heterocycles. The Morgan fingerprint density at radius 1 is 1.43 bits per heavy atom. The lowest BCUT2D eigenvalue weighted by Gasteiger charge is -2.09. The lowest BCUT2D eigenvalue weighted by molar-refractivity contribution is -0.385. The third-order valence-corrected chi connectivity index (χ3v) is 2.65. The highest BCUT2D eigenvalue weighted by atomic mass is 16.6. The highest BCUT2D eigenvalue weighted by molar-refractivity contribution is 5.89. The van der Waals surface area contributed by atoms with Crippen molar-refractivity contribution in [2.75, 3.05) is 11.9 Å². The molecule has 0 bridgehead atoms. The van der Waals surface area contributed by atoms with Gasteiger partial charge in [0.1, 0.15) is 0 Å². The van der Waals surface area contributed by atoms with E-state index in [2.05, 4.69) is 10.6 Å². The van der Waals surface area contributed by atoms with E-state index >= 15 is 0 Å². The molecule has 0 heterocycles. The molecule has 21 heavy (non-hydrogen) atoms. The number of nitro benzene ring substituents is 1. The van der Waals surface area contributed by atoms with Crippen molar-refractivity contribution in [2.24, 2.45) is 0 Å². The summed E-state index contributed by atoms with van der Waals surface area (Å²) in [4.78, 5) is 32.1. The third-order valence-electron chi connectivity index (χ3n) is 2.65. The molecule has 2 amide bonds. The first-order valence-electron chi connectivity index (χ1n) is 6.02. The van der Waals surface area contributed by atoms with Crippen molar-refractivity contribution in [1.29, 1.82) is 0 Å². The van der Waals surface area contributed by atoms with Crippen molar-refractivity contribution in [2.45, 2.75) is 19.4 Å². The molecule has 0 aromatic heterocycles. The molecule has 1 unspecified atom stereocenters. The van der Waals surface area contributed by atoms with Gasteiger partial charge >= 0.3 is 12.0 Å². The molecule has 0 aliphatic rings. The van der Waals surface area contributed by atoms with E-state index in [0.717, 1.165) is 0 Å². The number of carboxylic acids is 1. The summed E-state index contributed by atoms with van der Waals surface area (Å²) < 4.78 is 0. The number of carboxylic acid groups (broad SMARTS) is 1. The predicted molar refractivity (Wildman–Crippen MR) is 73.1 cm³/mol. The van der Waals surface area contributed by atoms with Crippen LogP contribution in [0.3, 0.4) is 0 Å². The number of amides is 2. The number of aliphatic hydroxyl groups excluding tert-OH is 1. The fourth-order valence-electron chi connectivity index (χ4n) is 1.51. The Balaban J connectivity index is 2.54. The zero-order valence-corrected chi connectivity index (χ0v) is 11.2. The Morgan fingerprint density at radius 3 is 2.67 bits per heavy atom. The Morgan fingerprint density at radius 2 is 2.10 bits per heavy atom. The number of aryl methyl sites for hydroxylation is 1. The second-order valence-corrected chi connectivity index (χ2v) is 4.28. The standard InChI is InChI=1S/C12H15N3O6/c1-7-2-3-8(6-9(7)15(20)21)14-12(19)13-5-4-10(16)11(17)18/h2-3,6,10,16H,4-5H2,1H3,(H,17,18)(H2,13,14,19). The van der Waals surface area contributed by atoms with Crippen LogP contribution in [-0.4, -0.2) is 39.8 Å². The van der Waals surface area contributed by atoms with Gasteiger partial charge < -0.3 is 20.8 Å². The van der Waals surface area contributed by atoms with Gasteiger partial charge in [-0.25, -0.2) is 9.59 Å². The average molecular weight is 297 g/mol. The molecule has 0 spiro atoms. The maximum Gasteiger partial charge on any atom is 0.332 e. The number of rotatable bonds is 6. The monoisotopic (exact) mass is 297 g/mol. The molecule has 1 rings (SSSR count). The maximum absolute atomic E-state index is 11.5. The number of nitrogens with one attached hydrogen (secondary N) is 2. The Labute approximate surface area is 119 Å². The van der Waals surface area contributed by atoms with Crippen molar-refractivity contribution in [3.8, 4) is 0 Å². The van der Waals surface area contributed by atoms with Crippen molar-refractivity contribution in [3.63, 3.8) is 0 Å². The minimum Gasteiger partial charge on any atom is -0.479 e. The molecular weight excluding hydrogens is 282 g/mol. The second-order valence-electron chi connectivity index (χ2n) is 4.28. The Kier molecular flexibility index (Phi) is 5.61. The molecule has 114 valence electrons. The molecule has 4 N–H and O–H groups in total. The SMILES string of the molecule is Cc1ccc(NC(=O)NCCC(O)C(=O)O)cc1[N+](=O)[O-]. The van der Waals surface area contributed by atoms with Crippen LogP contribution in [0, 0.1) is 17.0 Å². The third kappa shape index (κ3) is 5.07. The van der Waals surface area contributed by atoms with Crippen LogP contribution in [0.15, 0.2) is 18.2 Å². The number of carbonyl (C=O) groups excluding carboxylic acids is 1. The topological polar surface area (TPSA) is 142 Å². The van der Waals surface area contributed by atoms with E-state index in [9.17, 15) is 19.7 Å². The summed E-state index contributed by atoms with van der Waals surface area (Å²) in [5, 5.41) is 32.9. The fourth-order valence-corrected chi connectivity index (χ4v) is 1.51. The molecule has 0 aliphatic heterocycles. The molecule has 1 atom stereocenters. The van der Waals surface area contributed by atoms with Crippen molar-refractivity contribution >= 4 is 23.4 Å². The van der Waals surface area contributed by atoms with Gasteiger partial charge in [0.05, 0.1) is 4.92 Å². The molecular formula is C12H15N3O6. The zero-order chi connectivity index (χ0) is 16.0. The summed E-state index contributed by atoms with van der Waals surface area (Å²) >= 11 is 0. The van der Waals surface area contributed by atoms with Gasteiger partial charge in [0.25, 0.3) is 5.69 Å². The number of urea groups is 1. The predicted octanol–water partition coefficient (Wildman–Crippen LogP) is 0.860. The van der Waals surface area contributed by atoms with Gasteiger partial charge in [-0.2, -0.15) is 0 Å². The number of benzene rings is 1. The van der Waals surface area contributed by atoms with Crippen molar-refractivity contribution < 1.29 is 24.7 Å². The van der Waals surface area contributed by atoms with E-state index in [-0.39, 0.29) is 24.3 Å². The fraction of sp³-hybridized carbons (Fsp3) is 0.333. The highest BCUT2D eigenvalue weighted by Gasteiger charge is 2.14. The van der Waals surface area contributed by atoms with E-state index in [1.807, 2.05) is 0 Å². The summed E-state index contributed by atoms with van der Waals surface area (Å²) in [7, 11) is 0. The number of carbonyl (C=O) groups is 2. The summed E-state index contributed by atoms with van der Waals surface area (Å²) in [6.45, 7) is 1.53. The van der Waals surface area contributed by atoms with Crippen LogP contribution in [0.4, 0.5) is 16.2 Å². The largest absolute Gasteiger partial charge is 0.479 e. The smallest absolute Gasteiger partial charge is 0.332 e. The maximum atomic E-state index is 11.5. The molecule has 1 aromatic rings. The van der Waals surface area contributed by atoms with Gasteiger partial charge in [0.2, 0.25) is 0 Å². The van der Waals surface area contributed by atoms with Crippen LogP contribution in [0.5, 0.6) is 0 Å². The summed E-state index contributed by atoms with van der Waals surface area (Å²) in [5.41, 5.74) is 0.591. The van der Waals surface area contributed by atoms with E-state index in [4.69, 9.17) is 10.2 Å². The number of nitrogens with zero attached hydrogens (tertiary/aromatic N) is 1. The lowest BCUT2D eigenvalue weighted by Crippen LogP contribution is -2.33. The van der Waals surface area contributed by atoms with Crippen molar-refractivity contribution in [3.05, 3.63) is 33.9 Å². The quantitative estimate of drug-likeness (QED) is 0.453. The van der Waals surface area contributed by atoms with Crippen LogP contribution in [0.1, 0.15) is 12.0 Å². The Bertz CT molecular complexity index is 560. The van der Waals surface area contributed by atoms with Crippen LogP contribution in [-0.2, 0) is 4.79 Å². The molecule has 0 fully saturated rings. The van der Waals surface area contributed by atoms with Crippen molar-refractivity contribution in [1.82, 2.24) is 5.32 Å².